The van der Waals surface area contributed by atoms with Gasteiger partial charge in [-0.1, -0.05) is 6.08 Å². The first kappa shape index (κ1) is 8.52. The van der Waals surface area contributed by atoms with Crippen LogP contribution in [0.3, 0.4) is 0 Å². The van der Waals surface area contributed by atoms with Gasteiger partial charge in [0, 0.05) is 19.4 Å². The molecular formula is C8H11N3O. The molecule has 0 bridgehead atoms. The highest BCUT2D eigenvalue weighted by Gasteiger charge is 2.00. The summed E-state index contributed by atoms with van der Waals surface area (Å²) in [5.74, 6) is 0.393. The summed E-state index contributed by atoms with van der Waals surface area (Å²) in [6.07, 6.45) is 6.53. The van der Waals surface area contributed by atoms with Gasteiger partial charge in [0.25, 0.3) is 0 Å². The number of hydrogen-bond acceptors (Lipinski definition) is 2. The Kier molecular flexibility index (Phi) is 2.63. The highest BCUT2D eigenvalue weighted by atomic mass is 16.1. The fourth-order valence-electron chi connectivity index (χ4n) is 0.789. The van der Waals surface area contributed by atoms with Gasteiger partial charge in [-0.3, -0.25) is 10.1 Å². The van der Waals surface area contributed by atoms with E-state index in [0.717, 1.165) is 0 Å². The number of allylic oxidation sites excluding steroid dienone is 1. The minimum Gasteiger partial charge on any atom is -0.320 e. The Balaban J connectivity index is 2.64. The average molecular weight is 165 g/mol. The van der Waals surface area contributed by atoms with Crippen LogP contribution in [0, 0.1) is 0 Å². The predicted octanol–water partition coefficient (Wildman–Crippen LogP) is 0.935. The molecule has 4 heteroatoms. The molecule has 0 aromatic carbocycles. The van der Waals surface area contributed by atoms with Crippen LogP contribution in [0.5, 0.6) is 0 Å². The third kappa shape index (κ3) is 1.95. The molecule has 0 unspecified atom stereocenters. The first-order chi connectivity index (χ1) is 5.74. The van der Waals surface area contributed by atoms with Crippen molar-refractivity contribution in [3.63, 3.8) is 0 Å². The van der Waals surface area contributed by atoms with Crippen molar-refractivity contribution in [2.24, 2.45) is 7.05 Å². The minimum atomic E-state index is -0.160. The SMILES string of the molecule is C/C=C/C(=O)Nc1nccn1C. The number of carbonyl (C=O) groups is 1. The van der Waals surface area contributed by atoms with Crippen molar-refractivity contribution < 1.29 is 4.79 Å². The van der Waals surface area contributed by atoms with Crippen LogP contribution in [0.1, 0.15) is 6.92 Å². The van der Waals surface area contributed by atoms with Crippen LogP contribution in [0.15, 0.2) is 24.5 Å². The Labute approximate surface area is 70.9 Å². The molecule has 0 aliphatic rings. The van der Waals surface area contributed by atoms with Gasteiger partial charge in [-0.25, -0.2) is 4.98 Å². The molecular weight excluding hydrogens is 154 g/mol. The van der Waals surface area contributed by atoms with E-state index in [2.05, 4.69) is 10.3 Å². The Morgan fingerprint density at radius 2 is 2.50 bits per heavy atom. The summed E-state index contributed by atoms with van der Waals surface area (Å²) < 4.78 is 1.74. The molecule has 0 spiro atoms. The highest BCUT2D eigenvalue weighted by Crippen LogP contribution is 1.99. The van der Waals surface area contributed by atoms with Crippen molar-refractivity contribution in [1.82, 2.24) is 9.55 Å². The van der Waals surface area contributed by atoms with E-state index < -0.39 is 0 Å². The zero-order valence-electron chi connectivity index (χ0n) is 7.11. The molecule has 1 aromatic rings. The number of imidazole rings is 1. The van der Waals surface area contributed by atoms with Gasteiger partial charge in [-0.2, -0.15) is 0 Å². The summed E-state index contributed by atoms with van der Waals surface area (Å²) in [4.78, 5) is 14.9. The Hall–Kier alpha value is -1.58. The maximum absolute atomic E-state index is 11.0. The topological polar surface area (TPSA) is 46.9 Å². The molecule has 1 heterocycles. The number of nitrogens with zero attached hydrogens (tertiary/aromatic N) is 2. The Morgan fingerprint density at radius 3 is 3.00 bits per heavy atom. The van der Waals surface area contributed by atoms with E-state index in [-0.39, 0.29) is 5.91 Å². The summed E-state index contributed by atoms with van der Waals surface area (Å²) in [5, 5.41) is 2.62. The molecule has 0 aliphatic carbocycles. The molecule has 1 amide bonds. The Morgan fingerprint density at radius 1 is 1.75 bits per heavy atom. The number of carbonyl (C=O) groups excluding carboxylic acids is 1. The van der Waals surface area contributed by atoms with Crippen LogP contribution >= 0.6 is 0 Å². The van der Waals surface area contributed by atoms with Gasteiger partial charge < -0.3 is 4.57 Å². The molecule has 0 saturated carbocycles. The Bertz CT molecular complexity index is 301. The zero-order valence-corrected chi connectivity index (χ0v) is 7.11. The third-order valence-corrected chi connectivity index (χ3v) is 1.37. The normalized spacial score (nSPS) is 10.5. The first-order valence-electron chi connectivity index (χ1n) is 3.65. The van der Waals surface area contributed by atoms with Gasteiger partial charge in [0.1, 0.15) is 0 Å². The van der Waals surface area contributed by atoms with Crippen LogP contribution in [-0.2, 0) is 11.8 Å². The fraction of sp³-hybridized carbons (Fsp3) is 0.250. The lowest BCUT2D eigenvalue weighted by Gasteiger charge is -1.99. The smallest absolute Gasteiger partial charge is 0.250 e. The van der Waals surface area contributed by atoms with Crippen molar-refractivity contribution in [2.45, 2.75) is 6.92 Å². The largest absolute Gasteiger partial charge is 0.320 e. The quantitative estimate of drug-likeness (QED) is 0.663. The van der Waals surface area contributed by atoms with Crippen LogP contribution in [0.2, 0.25) is 0 Å². The second kappa shape index (κ2) is 3.71. The van der Waals surface area contributed by atoms with Gasteiger partial charge in [-0.05, 0) is 13.0 Å². The summed E-state index contributed by atoms with van der Waals surface area (Å²) in [6.45, 7) is 1.79. The molecule has 12 heavy (non-hydrogen) atoms. The maximum atomic E-state index is 11.0. The van der Waals surface area contributed by atoms with Crippen LogP contribution < -0.4 is 5.32 Å². The number of aryl methyl sites for hydroxylation is 1. The first-order valence-corrected chi connectivity index (χ1v) is 3.65. The van der Waals surface area contributed by atoms with Gasteiger partial charge >= 0.3 is 0 Å². The number of nitrogens with one attached hydrogen (secondary N) is 1. The lowest BCUT2D eigenvalue weighted by atomic mass is 10.5. The van der Waals surface area contributed by atoms with Gasteiger partial charge in [0.2, 0.25) is 11.9 Å². The van der Waals surface area contributed by atoms with E-state index >= 15 is 0 Å². The van der Waals surface area contributed by atoms with Crippen molar-refractivity contribution in [1.29, 1.82) is 0 Å². The molecule has 4 nitrogen and oxygen atoms in total. The predicted molar refractivity (Wildman–Crippen MR) is 46.7 cm³/mol. The van der Waals surface area contributed by atoms with Crippen molar-refractivity contribution in [3.05, 3.63) is 24.5 Å². The molecule has 0 radical (unpaired) electrons. The average Bonchev–Trinajstić information content (AvgIpc) is 2.37. The molecule has 0 fully saturated rings. The van der Waals surface area contributed by atoms with E-state index in [1.807, 2.05) is 7.05 Å². The summed E-state index contributed by atoms with van der Waals surface area (Å²) >= 11 is 0. The van der Waals surface area contributed by atoms with Gasteiger partial charge in [-0.15, -0.1) is 0 Å². The standard InChI is InChI=1S/C8H11N3O/c1-3-4-7(12)10-8-9-5-6-11(8)2/h3-6H,1-2H3,(H,9,10,12)/b4-3+. The van der Waals surface area contributed by atoms with E-state index in [9.17, 15) is 4.79 Å². The third-order valence-electron chi connectivity index (χ3n) is 1.37. The van der Waals surface area contributed by atoms with Crippen molar-refractivity contribution in [3.8, 4) is 0 Å². The summed E-state index contributed by atoms with van der Waals surface area (Å²) in [7, 11) is 1.82. The molecule has 1 aromatic heterocycles. The number of aromatic nitrogens is 2. The molecule has 0 saturated heterocycles. The van der Waals surface area contributed by atoms with E-state index in [4.69, 9.17) is 0 Å². The van der Waals surface area contributed by atoms with Crippen molar-refractivity contribution >= 4 is 11.9 Å². The molecule has 1 N–H and O–H groups in total. The number of hydrogen-bond donors (Lipinski definition) is 1. The molecule has 0 atom stereocenters. The second-order valence-electron chi connectivity index (χ2n) is 2.35. The van der Waals surface area contributed by atoms with Gasteiger partial charge in [0.15, 0.2) is 0 Å². The summed E-state index contributed by atoms with van der Waals surface area (Å²) in [6, 6.07) is 0. The molecule has 1 rings (SSSR count). The lowest BCUT2D eigenvalue weighted by Crippen LogP contribution is -2.11. The minimum absolute atomic E-state index is 0.160. The fourth-order valence-corrected chi connectivity index (χ4v) is 0.789. The highest BCUT2D eigenvalue weighted by molar-refractivity contribution is 5.98. The lowest BCUT2D eigenvalue weighted by molar-refractivity contribution is -0.112. The molecule has 64 valence electrons. The van der Waals surface area contributed by atoms with E-state index in [0.29, 0.717) is 5.95 Å². The van der Waals surface area contributed by atoms with E-state index in [1.54, 1.807) is 30.0 Å². The number of amides is 1. The monoisotopic (exact) mass is 165 g/mol. The zero-order chi connectivity index (χ0) is 8.97. The summed E-state index contributed by atoms with van der Waals surface area (Å²) in [5.41, 5.74) is 0. The van der Waals surface area contributed by atoms with E-state index in [1.165, 1.54) is 6.08 Å². The van der Waals surface area contributed by atoms with Gasteiger partial charge in [0.05, 0.1) is 0 Å². The molecule has 0 aliphatic heterocycles. The van der Waals surface area contributed by atoms with Crippen LogP contribution in [0.4, 0.5) is 5.95 Å². The van der Waals surface area contributed by atoms with Crippen molar-refractivity contribution in [2.75, 3.05) is 5.32 Å². The van der Waals surface area contributed by atoms with Crippen LogP contribution in [-0.4, -0.2) is 15.5 Å². The second-order valence-corrected chi connectivity index (χ2v) is 2.35. The number of rotatable bonds is 2. The van der Waals surface area contributed by atoms with Crippen LogP contribution in [0.25, 0.3) is 0 Å². The number of anilines is 1. The maximum Gasteiger partial charge on any atom is 0.250 e.